The van der Waals surface area contributed by atoms with Crippen LogP contribution in [0.15, 0.2) is 30.5 Å². The lowest BCUT2D eigenvalue weighted by atomic mass is 10.1. The third-order valence-electron chi connectivity index (χ3n) is 3.77. The smallest absolute Gasteiger partial charge is 0.324 e. The minimum absolute atomic E-state index is 0.225. The molecule has 0 saturated carbocycles. The molecule has 7 nitrogen and oxygen atoms in total. The van der Waals surface area contributed by atoms with Crippen molar-refractivity contribution in [2.24, 2.45) is 0 Å². The van der Waals surface area contributed by atoms with E-state index in [0.717, 1.165) is 21.4 Å². The maximum atomic E-state index is 12.0. The van der Waals surface area contributed by atoms with Crippen molar-refractivity contribution in [1.82, 2.24) is 15.2 Å². The van der Waals surface area contributed by atoms with Crippen LogP contribution in [-0.2, 0) is 16.0 Å². The Morgan fingerprint density at radius 3 is 2.82 bits per heavy atom. The second kappa shape index (κ2) is 5.51. The molecule has 2 aromatic rings. The van der Waals surface area contributed by atoms with Crippen molar-refractivity contribution in [3.8, 4) is 0 Å². The number of hydrogen-bond acceptors (Lipinski definition) is 3. The highest BCUT2D eigenvalue weighted by molar-refractivity contribution is 6.05. The van der Waals surface area contributed by atoms with Gasteiger partial charge in [-0.2, -0.15) is 0 Å². The van der Waals surface area contributed by atoms with E-state index in [1.807, 2.05) is 30.5 Å². The van der Waals surface area contributed by atoms with Crippen LogP contribution in [0.4, 0.5) is 4.79 Å². The number of aromatic amines is 1. The molecule has 0 radical (unpaired) electrons. The van der Waals surface area contributed by atoms with Crippen LogP contribution >= 0.6 is 0 Å². The summed E-state index contributed by atoms with van der Waals surface area (Å²) in [5.74, 6) is -1.59. The minimum Gasteiger partial charge on any atom is -0.481 e. The summed E-state index contributed by atoms with van der Waals surface area (Å²) in [6.07, 6.45) is 1.98. The Balaban J connectivity index is 1.70. The zero-order valence-corrected chi connectivity index (χ0v) is 11.7. The van der Waals surface area contributed by atoms with E-state index in [4.69, 9.17) is 5.11 Å². The number of aliphatic carboxylic acids is 1. The first kappa shape index (κ1) is 14.1. The third-order valence-corrected chi connectivity index (χ3v) is 3.77. The molecule has 7 heteroatoms. The van der Waals surface area contributed by atoms with Gasteiger partial charge in [-0.15, -0.1) is 0 Å². The summed E-state index contributed by atoms with van der Waals surface area (Å²) >= 11 is 0. The molecule has 0 spiro atoms. The van der Waals surface area contributed by atoms with Crippen molar-refractivity contribution in [2.45, 2.75) is 18.9 Å². The van der Waals surface area contributed by atoms with E-state index in [9.17, 15) is 14.4 Å². The molecule has 2 heterocycles. The SMILES string of the molecule is O=C(O)C[C@@H]1NC(=O)N(CCc2c[nH]c3ccccc23)C1=O. The Bertz CT molecular complexity index is 752. The second-order valence-corrected chi connectivity index (χ2v) is 5.20. The predicted molar refractivity (Wildman–Crippen MR) is 78.3 cm³/mol. The van der Waals surface area contributed by atoms with E-state index in [1.54, 1.807) is 0 Å². The maximum absolute atomic E-state index is 12.0. The largest absolute Gasteiger partial charge is 0.481 e. The summed E-state index contributed by atoms with van der Waals surface area (Å²) in [6.45, 7) is 0.225. The Kier molecular flexibility index (Phi) is 3.54. The molecule has 3 N–H and O–H groups in total. The van der Waals surface area contributed by atoms with Gasteiger partial charge in [0.1, 0.15) is 6.04 Å². The maximum Gasteiger partial charge on any atom is 0.324 e. The topological polar surface area (TPSA) is 102 Å². The van der Waals surface area contributed by atoms with Crippen molar-refractivity contribution in [3.63, 3.8) is 0 Å². The molecule has 1 aliphatic rings. The number of rotatable bonds is 5. The van der Waals surface area contributed by atoms with Gasteiger partial charge in [-0.3, -0.25) is 14.5 Å². The number of benzene rings is 1. The van der Waals surface area contributed by atoms with E-state index in [0.29, 0.717) is 6.42 Å². The van der Waals surface area contributed by atoms with Gasteiger partial charge in [-0.25, -0.2) is 4.79 Å². The van der Waals surface area contributed by atoms with Crippen molar-refractivity contribution >= 4 is 28.8 Å². The van der Waals surface area contributed by atoms with Crippen LogP contribution in [-0.4, -0.2) is 45.5 Å². The first-order chi connectivity index (χ1) is 10.6. The zero-order valence-electron chi connectivity index (χ0n) is 11.7. The molecule has 1 aliphatic heterocycles. The van der Waals surface area contributed by atoms with Gasteiger partial charge in [-0.05, 0) is 18.1 Å². The van der Waals surface area contributed by atoms with Crippen molar-refractivity contribution in [2.75, 3.05) is 6.54 Å². The van der Waals surface area contributed by atoms with Crippen molar-refractivity contribution < 1.29 is 19.5 Å². The van der Waals surface area contributed by atoms with Crippen LogP contribution in [0.2, 0.25) is 0 Å². The second-order valence-electron chi connectivity index (χ2n) is 5.20. The van der Waals surface area contributed by atoms with Gasteiger partial charge in [0.05, 0.1) is 6.42 Å². The van der Waals surface area contributed by atoms with Gasteiger partial charge in [0.2, 0.25) is 0 Å². The van der Waals surface area contributed by atoms with Gasteiger partial charge >= 0.3 is 12.0 Å². The van der Waals surface area contributed by atoms with E-state index < -0.39 is 30.4 Å². The molecule has 0 aliphatic carbocycles. The fourth-order valence-electron chi connectivity index (χ4n) is 2.67. The molecule has 3 rings (SSSR count). The fraction of sp³-hybridized carbons (Fsp3) is 0.267. The molecule has 1 saturated heterocycles. The lowest BCUT2D eigenvalue weighted by Crippen LogP contribution is -2.33. The Labute approximate surface area is 125 Å². The van der Waals surface area contributed by atoms with Crippen LogP contribution in [0.1, 0.15) is 12.0 Å². The summed E-state index contributed by atoms with van der Waals surface area (Å²) in [7, 11) is 0. The molecule has 1 atom stereocenters. The molecule has 1 aromatic carbocycles. The minimum atomic E-state index is -1.11. The number of para-hydroxylation sites is 1. The van der Waals surface area contributed by atoms with Crippen molar-refractivity contribution in [1.29, 1.82) is 0 Å². The Hall–Kier alpha value is -2.83. The number of imide groups is 1. The van der Waals surface area contributed by atoms with Crippen LogP contribution < -0.4 is 5.32 Å². The number of nitrogens with zero attached hydrogens (tertiary/aromatic N) is 1. The fourth-order valence-corrected chi connectivity index (χ4v) is 2.67. The lowest BCUT2D eigenvalue weighted by Gasteiger charge is -2.12. The highest BCUT2D eigenvalue weighted by Crippen LogP contribution is 2.19. The molecule has 22 heavy (non-hydrogen) atoms. The molecule has 0 unspecified atom stereocenters. The number of carboxylic acid groups (broad SMARTS) is 1. The molecular weight excluding hydrogens is 286 g/mol. The number of carboxylic acids is 1. The number of amides is 3. The summed E-state index contributed by atoms with van der Waals surface area (Å²) in [6, 6.07) is 6.28. The molecular formula is C15H15N3O4. The summed E-state index contributed by atoms with van der Waals surface area (Å²) in [4.78, 5) is 38.7. The Morgan fingerprint density at radius 1 is 1.27 bits per heavy atom. The van der Waals surface area contributed by atoms with E-state index in [-0.39, 0.29) is 6.54 Å². The standard InChI is InChI=1S/C15H15N3O4/c19-13(20)7-12-14(21)18(15(22)17-12)6-5-9-8-16-11-4-2-1-3-10(9)11/h1-4,8,12,16H,5-7H2,(H,17,22)(H,19,20)/t12-/m0/s1. The third kappa shape index (κ3) is 2.52. The molecule has 1 fully saturated rings. The Morgan fingerprint density at radius 2 is 2.05 bits per heavy atom. The van der Waals surface area contributed by atoms with Gasteiger partial charge < -0.3 is 15.4 Å². The first-order valence-electron chi connectivity index (χ1n) is 6.95. The van der Waals surface area contributed by atoms with E-state index >= 15 is 0 Å². The molecule has 0 bridgehead atoms. The van der Waals surface area contributed by atoms with Crippen LogP contribution in [0.5, 0.6) is 0 Å². The summed E-state index contributed by atoms with van der Waals surface area (Å²) in [5.41, 5.74) is 2.01. The number of carbonyl (C=O) groups excluding carboxylic acids is 2. The molecule has 114 valence electrons. The number of hydrogen-bond donors (Lipinski definition) is 3. The average molecular weight is 301 g/mol. The first-order valence-corrected chi connectivity index (χ1v) is 6.95. The average Bonchev–Trinajstić information content (AvgIpc) is 2.99. The number of aromatic nitrogens is 1. The number of urea groups is 1. The predicted octanol–water partition coefficient (Wildman–Crippen LogP) is 1.11. The van der Waals surface area contributed by atoms with E-state index in [1.165, 1.54) is 0 Å². The van der Waals surface area contributed by atoms with Crippen molar-refractivity contribution in [3.05, 3.63) is 36.0 Å². The van der Waals surface area contributed by atoms with Gasteiger partial charge in [0, 0.05) is 23.6 Å². The highest BCUT2D eigenvalue weighted by atomic mass is 16.4. The highest BCUT2D eigenvalue weighted by Gasteiger charge is 2.38. The summed E-state index contributed by atoms with van der Waals surface area (Å²) < 4.78 is 0. The number of nitrogens with one attached hydrogen (secondary N) is 2. The van der Waals surface area contributed by atoms with Gasteiger partial charge in [0.25, 0.3) is 5.91 Å². The number of H-pyrrole nitrogens is 1. The van der Waals surface area contributed by atoms with Crippen LogP contribution in [0, 0.1) is 0 Å². The van der Waals surface area contributed by atoms with Gasteiger partial charge in [-0.1, -0.05) is 18.2 Å². The normalized spacial score (nSPS) is 18.0. The van der Waals surface area contributed by atoms with Crippen LogP contribution in [0.3, 0.4) is 0 Å². The lowest BCUT2D eigenvalue weighted by molar-refractivity contribution is -0.140. The number of carbonyl (C=O) groups is 3. The van der Waals surface area contributed by atoms with Gasteiger partial charge in [0.15, 0.2) is 0 Å². The quantitative estimate of drug-likeness (QED) is 0.720. The monoisotopic (exact) mass is 301 g/mol. The van der Waals surface area contributed by atoms with Crippen LogP contribution in [0.25, 0.3) is 10.9 Å². The zero-order chi connectivity index (χ0) is 15.7. The van der Waals surface area contributed by atoms with E-state index in [2.05, 4.69) is 10.3 Å². The number of fused-ring (bicyclic) bond motifs is 1. The summed E-state index contributed by atoms with van der Waals surface area (Å²) in [5, 5.41) is 12.2. The molecule has 1 aromatic heterocycles. The molecule has 3 amide bonds.